The molecule has 0 radical (unpaired) electrons. The summed E-state index contributed by atoms with van der Waals surface area (Å²) in [6, 6.07) is 10.6. The lowest BCUT2D eigenvalue weighted by molar-refractivity contribution is -0.119. The number of piperidine rings is 1. The number of carbonyl (C=O) groups is 2. The zero-order valence-electron chi connectivity index (χ0n) is 15.6. The highest BCUT2D eigenvalue weighted by Crippen LogP contribution is 2.17. The van der Waals surface area contributed by atoms with Crippen LogP contribution in [0.4, 0.5) is 4.79 Å². The van der Waals surface area contributed by atoms with Gasteiger partial charge in [-0.25, -0.2) is 4.79 Å². The monoisotopic (exact) mass is 345 g/mol. The van der Waals surface area contributed by atoms with Crippen LogP contribution in [0.25, 0.3) is 0 Å². The first-order valence-corrected chi connectivity index (χ1v) is 9.29. The molecule has 2 N–H and O–H groups in total. The Morgan fingerprint density at radius 3 is 2.36 bits per heavy atom. The minimum absolute atomic E-state index is 0.00332. The molecule has 1 saturated heterocycles. The van der Waals surface area contributed by atoms with Crippen LogP contribution in [0.5, 0.6) is 0 Å². The van der Waals surface area contributed by atoms with Gasteiger partial charge in [-0.3, -0.25) is 4.79 Å². The van der Waals surface area contributed by atoms with Crippen molar-refractivity contribution in [2.75, 3.05) is 19.6 Å². The summed E-state index contributed by atoms with van der Waals surface area (Å²) in [7, 11) is 0. The van der Waals surface area contributed by atoms with E-state index in [1.807, 2.05) is 11.0 Å². The van der Waals surface area contributed by atoms with Gasteiger partial charge in [0.1, 0.15) is 0 Å². The summed E-state index contributed by atoms with van der Waals surface area (Å²) >= 11 is 0. The third-order valence-corrected chi connectivity index (χ3v) is 4.99. The van der Waals surface area contributed by atoms with Gasteiger partial charge < -0.3 is 15.5 Å². The van der Waals surface area contributed by atoms with Gasteiger partial charge in [0, 0.05) is 32.6 Å². The summed E-state index contributed by atoms with van der Waals surface area (Å²) in [5, 5.41) is 6.05. The first-order valence-electron chi connectivity index (χ1n) is 9.29. The molecule has 5 nitrogen and oxygen atoms in total. The number of urea groups is 1. The quantitative estimate of drug-likeness (QED) is 0.833. The summed E-state index contributed by atoms with van der Waals surface area (Å²) in [6.45, 7) is 8.04. The number of hydrogen-bond acceptors (Lipinski definition) is 2. The molecule has 0 aromatic heterocycles. The van der Waals surface area contributed by atoms with Gasteiger partial charge in [-0.15, -0.1) is 0 Å². The average Bonchev–Trinajstić information content (AvgIpc) is 2.59. The maximum absolute atomic E-state index is 12.4. The Bertz CT molecular complexity index is 551. The number of amides is 3. The maximum atomic E-state index is 12.4. The second-order valence-electron chi connectivity index (χ2n) is 7.34. The van der Waals surface area contributed by atoms with Gasteiger partial charge in [-0.05, 0) is 36.7 Å². The number of nitrogens with zero attached hydrogens (tertiary/aromatic N) is 1. The fourth-order valence-corrected chi connectivity index (χ4v) is 3.30. The van der Waals surface area contributed by atoms with Crippen molar-refractivity contribution in [3.63, 3.8) is 0 Å². The predicted octanol–water partition coefficient (Wildman–Crippen LogP) is 2.81. The van der Waals surface area contributed by atoms with Crippen molar-refractivity contribution in [2.24, 2.45) is 11.8 Å². The van der Waals surface area contributed by atoms with E-state index in [9.17, 15) is 9.59 Å². The molecule has 1 fully saturated rings. The first-order chi connectivity index (χ1) is 12.0. The molecule has 1 aromatic carbocycles. The average molecular weight is 345 g/mol. The third-order valence-electron chi connectivity index (χ3n) is 4.99. The van der Waals surface area contributed by atoms with Crippen LogP contribution in [0.1, 0.15) is 39.2 Å². The Kier molecular flexibility index (Phi) is 7.29. The number of benzene rings is 1. The Morgan fingerprint density at radius 2 is 1.80 bits per heavy atom. The fraction of sp³-hybridized carbons (Fsp3) is 0.600. The molecule has 1 aliphatic heterocycles. The second-order valence-corrected chi connectivity index (χ2v) is 7.34. The van der Waals surface area contributed by atoms with Crippen LogP contribution in [-0.4, -0.2) is 42.5 Å². The molecule has 3 amide bonds. The topological polar surface area (TPSA) is 61.4 Å². The molecule has 0 spiro atoms. The van der Waals surface area contributed by atoms with E-state index in [4.69, 9.17) is 0 Å². The van der Waals surface area contributed by atoms with Crippen LogP contribution >= 0.6 is 0 Å². The summed E-state index contributed by atoms with van der Waals surface area (Å²) < 4.78 is 0. The molecule has 5 heteroatoms. The Morgan fingerprint density at radius 1 is 1.16 bits per heavy atom. The molecular weight excluding hydrogens is 314 g/mol. The normalized spacial score (nSPS) is 16.6. The molecule has 2 rings (SSSR count). The van der Waals surface area contributed by atoms with Gasteiger partial charge in [-0.2, -0.15) is 0 Å². The van der Waals surface area contributed by atoms with E-state index in [0.29, 0.717) is 31.5 Å². The molecule has 1 unspecified atom stereocenters. The predicted molar refractivity (Wildman–Crippen MR) is 100 cm³/mol. The highest BCUT2D eigenvalue weighted by Gasteiger charge is 2.24. The van der Waals surface area contributed by atoms with Crippen molar-refractivity contribution in [1.29, 1.82) is 0 Å². The van der Waals surface area contributed by atoms with Crippen LogP contribution in [0.3, 0.4) is 0 Å². The minimum atomic E-state index is 0.00332. The third kappa shape index (κ3) is 6.40. The molecule has 0 bridgehead atoms. The summed E-state index contributed by atoms with van der Waals surface area (Å²) in [6.07, 6.45) is 2.62. The van der Waals surface area contributed by atoms with E-state index >= 15 is 0 Å². The Balaban J connectivity index is 1.78. The lowest BCUT2D eigenvalue weighted by Crippen LogP contribution is -2.50. The summed E-state index contributed by atoms with van der Waals surface area (Å²) in [5.74, 6) is 0.929. The van der Waals surface area contributed by atoms with Gasteiger partial charge in [-0.1, -0.05) is 44.2 Å². The lowest BCUT2D eigenvalue weighted by atomic mass is 9.89. The van der Waals surface area contributed by atoms with E-state index in [-0.39, 0.29) is 18.0 Å². The van der Waals surface area contributed by atoms with Gasteiger partial charge in [0.2, 0.25) is 5.91 Å². The number of likely N-dealkylation sites (tertiary alicyclic amines) is 1. The number of carbonyl (C=O) groups excluding carboxylic acids is 2. The van der Waals surface area contributed by atoms with E-state index in [1.54, 1.807) is 0 Å². The van der Waals surface area contributed by atoms with Crippen molar-refractivity contribution < 1.29 is 9.59 Å². The van der Waals surface area contributed by atoms with Gasteiger partial charge in [0.05, 0.1) is 0 Å². The van der Waals surface area contributed by atoms with Crippen molar-refractivity contribution in [3.8, 4) is 0 Å². The Hall–Kier alpha value is -2.04. The fourth-order valence-electron chi connectivity index (χ4n) is 3.30. The van der Waals surface area contributed by atoms with Crippen molar-refractivity contribution in [2.45, 2.75) is 46.1 Å². The van der Waals surface area contributed by atoms with E-state index in [0.717, 1.165) is 19.3 Å². The molecule has 138 valence electrons. The van der Waals surface area contributed by atoms with E-state index < -0.39 is 0 Å². The van der Waals surface area contributed by atoms with Crippen molar-refractivity contribution >= 4 is 11.9 Å². The molecular formula is C20H31N3O2. The molecule has 1 atom stereocenters. The number of rotatable bonds is 6. The maximum Gasteiger partial charge on any atom is 0.317 e. The Labute approximate surface area is 151 Å². The molecule has 1 aromatic rings. The number of hydrogen-bond donors (Lipinski definition) is 2. The first kappa shape index (κ1) is 19.3. The van der Waals surface area contributed by atoms with Crippen LogP contribution in [0, 0.1) is 11.8 Å². The second kappa shape index (κ2) is 9.44. The van der Waals surface area contributed by atoms with Crippen LogP contribution < -0.4 is 10.6 Å². The lowest BCUT2D eigenvalue weighted by Gasteiger charge is -2.33. The van der Waals surface area contributed by atoms with E-state index in [1.165, 1.54) is 12.5 Å². The molecule has 1 aliphatic rings. The van der Waals surface area contributed by atoms with Gasteiger partial charge in [0.25, 0.3) is 0 Å². The van der Waals surface area contributed by atoms with Crippen molar-refractivity contribution in [3.05, 3.63) is 35.9 Å². The zero-order valence-corrected chi connectivity index (χ0v) is 15.6. The van der Waals surface area contributed by atoms with Crippen molar-refractivity contribution in [1.82, 2.24) is 15.5 Å². The SMILES string of the molecule is CC(=O)NC1CCN(C(=O)NCC(Cc2ccccc2)C(C)C)CC1. The molecule has 25 heavy (non-hydrogen) atoms. The van der Waals surface area contributed by atoms with Gasteiger partial charge in [0.15, 0.2) is 0 Å². The summed E-state index contributed by atoms with van der Waals surface area (Å²) in [4.78, 5) is 25.4. The van der Waals surface area contributed by atoms with Gasteiger partial charge >= 0.3 is 6.03 Å². The highest BCUT2D eigenvalue weighted by molar-refractivity contribution is 5.75. The van der Waals surface area contributed by atoms with Crippen LogP contribution in [0.2, 0.25) is 0 Å². The van der Waals surface area contributed by atoms with Crippen LogP contribution in [-0.2, 0) is 11.2 Å². The largest absolute Gasteiger partial charge is 0.353 e. The standard InChI is InChI=1S/C20H31N3O2/c1-15(2)18(13-17-7-5-4-6-8-17)14-21-20(25)23-11-9-19(10-12-23)22-16(3)24/h4-8,15,18-19H,9-14H2,1-3H3,(H,21,25)(H,22,24). The zero-order chi connectivity index (χ0) is 18.2. The smallest absolute Gasteiger partial charge is 0.317 e. The molecule has 0 aliphatic carbocycles. The molecule has 1 heterocycles. The van der Waals surface area contributed by atoms with E-state index in [2.05, 4.69) is 48.7 Å². The van der Waals surface area contributed by atoms with Crippen LogP contribution in [0.15, 0.2) is 30.3 Å². The summed E-state index contributed by atoms with van der Waals surface area (Å²) in [5.41, 5.74) is 1.31. The minimum Gasteiger partial charge on any atom is -0.353 e. The number of nitrogens with one attached hydrogen (secondary N) is 2. The highest BCUT2D eigenvalue weighted by atomic mass is 16.2. The molecule has 0 saturated carbocycles.